The number of benzene rings is 1. The van der Waals surface area contributed by atoms with Crippen molar-refractivity contribution in [2.75, 3.05) is 13.1 Å². The molecule has 1 aromatic carbocycles. The summed E-state index contributed by atoms with van der Waals surface area (Å²) >= 11 is 6.04. The van der Waals surface area contributed by atoms with Crippen molar-refractivity contribution < 1.29 is 4.74 Å². The van der Waals surface area contributed by atoms with Crippen molar-refractivity contribution in [3.05, 3.63) is 35.5 Å². The number of nitrogens with one attached hydrogen (secondary N) is 1. The van der Waals surface area contributed by atoms with Crippen LogP contribution in [0.3, 0.4) is 0 Å². The van der Waals surface area contributed by atoms with Crippen LogP contribution in [-0.4, -0.2) is 24.2 Å². The maximum Gasteiger partial charge on any atom is 0.130 e. The van der Waals surface area contributed by atoms with E-state index in [2.05, 4.69) is 10.3 Å². The van der Waals surface area contributed by atoms with Crippen LogP contribution in [0.15, 0.2) is 30.5 Å². The minimum Gasteiger partial charge on any atom is -0.490 e. The normalized spacial score (nSPS) is 16.9. The van der Waals surface area contributed by atoms with Gasteiger partial charge in [-0.2, -0.15) is 0 Å². The Bertz CT molecular complexity index is 552. The second-order valence-corrected chi connectivity index (χ2v) is 4.97. The first-order chi connectivity index (χ1) is 8.83. The monoisotopic (exact) mass is 262 g/mol. The quantitative estimate of drug-likeness (QED) is 0.903. The van der Waals surface area contributed by atoms with Gasteiger partial charge >= 0.3 is 0 Å². The van der Waals surface area contributed by atoms with Crippen molar-refractivity contribution in [3.8, 4) is 5.75 Å². The maximum absolute atomic E-state index is 6.08. The van der Waals surface area contributed by atoms with E-state index in [1.54, 1.807) is 6.20 Å². The third-order valence-electron chi connectivity index (χ3n) is 3.24. The number of fused-ring (bicyclic) bond motifs is 1. The molecule has 0 bridgehead atoms. The largest absolute Gasteiger partial charge is 0.490 e. The molecule has 18 heavy (non-hydrogen) atoms. The van der Waals surface area contributed by atoms with Crippen LogP contribution in [0.2, 0.25) is 5.02 Å². The van der Waals surface area contributed by atoms with E-state index in [1.165, 1.54) is 0 Å². The van der Waals surface area contributed by atoms with Crippen LogP contribution in [0.4, 0.5) is 0 Å². The summed E-state index contributed by atoms with van der Waals surface area (Å²) in [6.45, 7) is 2.04. The zero-order valence-corrected chi connectivity index (χ0v) is 10.8. The van der Waals surface area contributed by atoms with E-state index in [4.69, 9.17) is 16.3 Å². The van der Waals surface area contributed by atoms with Crippen LogP contribution in [-0.2, 0) is 0 Å². The van der Waals surface area contributed by atoms with E-state index in [0.717, 1.165) is 42.6 Å². The standard InChI is InChI=1S/C14H15ClN2O/c15-10-1-2-13-12(9-10)14(5-8-17-13)18-11-3-6-16-7-4-11/h1-2,5,8-9,11,16H,3-4,6-7H2. The Hall–Kier alpha value is -1.32. The molecule has 2 aromatic rings. The molecule has 0 aliphatic carbocycles. The topological polar surface area (TPSA) is 34.1 Å². The minimum absolute atomic E-state index is 0.288. The van der Waals surface area contributed by atoms with E-state index in [0.29, 0.717) is 5.02 Å². The Kier molecular flexibility index (Phi) is 3.35. The Balaban J connectivity index is 1.92. The Morgan fingerprint density at radius 2 is 2.06 bits per heavy atom. The molecule has 2 heterocycles. The van der Waals surface area contributed by atoms with Crippen LogP contribution in [0.1, 0.15) is 12.8 Å². The van der Waals surface area contributed by atoms with E-state index in [1.807, 2.05) is 24.3 Å². The number of hydrogen-bond donors (Lipinski definition) is 1. The SMILES string of the molecule is Clc1ccc2nccc(OC3CCNCC3)c2c1. The summed E-state index contributed by atoms with van der Waals surface area (Å²) in [5.74, 6) is 0.884. The van der Waals surface area contributed by atoms with Gasteiger partial charge in [0.1, 0.15) is 11.9 Å². The summed E-state index contributed by atoms with van der Waals surface area (Å²) in [5, 5.41) is 5.04. The van der Waals surface area contributed by atoms with Crippen molar-refractivity contribution in [1.82, 2.24) is 10.3 Å². The Labute approximate surface area is 111 Å². The fraction of sp³-hybridized carbons (Fsp3) is 0.357. The molecule has 1 saturated heterocycles. The first-order valence-corrected chi connectivity index (χ1v) is 6.62. The number of pyridine rings is 1. The van der Waals surface area contributed by atoms with Gasteiger partial charge in [-0.1, -0.05) is 11.6 Å². The van der Waals surface area contributed by atoms with Gasteiger partial charge in [0.25, 0.3) is 0 Å². The lowest BCUT2D eigenvalue weighted by molar-refractivity contribution is 0.164. The van der Waals surface area contributed by atoms with Crippen LogP contribution >= 0.6 is 11.6 Å². The highest BCUT2D eigenvalue weighted by molar-refractivity contribution is 6.31. The van der Waals surface area contributed by atoms with Crippen molar-refractivity contribution in [2.45, 2.75) is 18.9 Å². The molecule has 3 rings (SSSR count). The number of nitrogens with zero attached hydrogens (tertiary/aromatic N) is 1. The molecule has 0 amide bonds. The number of rotatable bonds is 2. The fourth-order valence-corrected chi connectivity index (χ4v) is 2.46. The molecular weight excluding hydrogens is 248 g/mol. The van der Waals surface area contributed by atoms with Gasteiger partial charge in [0, 0.05) is 16.6 Å². The molecule has 0 radical (unpaired) electrons. The lowest BCUT2D eigenvalue weighted by Crippen LogP contribution is -2.34. The van der Waals surface area contributed by atoms with Gasteiger partial charge in [0.05, 0.1) is 5.52 Å². The van der Waals surface area contributed by atoms with Gasteiger partial charge < -0.3 is 10.1 Å². The molecule has 1 fully saturated rings. The number of ether oxygens (including phenoxy) is 1. The smallest absolute Gasteiger partial charge is 0.130 e. The second kappa shape index (κ2) is 5.12. The number of halogens is 1. The minimum atomic E-state index is 0.288. The highest BCUT2D eigenvalue weighted by Crippen LogP contribution is 2.28. The van der Waals surface area contributed by atoms with Gasteiger partial charge in [-0.05, 0) is 50.2 Å². The molecule has 1 aliphatic heterocycles. The average Bonchev–Trinajstić information content (AvgIpc) is 2.41. The van der Waals surface area contributed by atoms with E-state index >= 15 is 0 Å². The number of aromatic nitrogens is 1. The maximum atomic E-state index is 6.08. The molecule has 0 spiro atoms. The summed E-state index contributed by atoms with van der Waals surface area (Å²) in [5.41, 5.74) is 0.922. The third kappa shape index (κ3) is 2.42. The van der Waals surface area contributed by atoms with Crippen molar-refractivity contribution in [3.63, 3.8) is 0 Å². The van der Waals surface area contributed by atoms with Gasteiger partial charge in [-0.15, -0.1) is 0 Å². The fourth-order valence-electron chi connectivity index (χ4n) is 2.29. The number of hydrogen-bond acceptors (Lipinski definition) is 3. The third-order valence-corrected chi connectivity index (χ3v) is 3.48. The molecule has 3 nitrogen and oxygen atoms in total. The first kappa shape index (κ1) is 11.8. The second-order valence-electron chi connectivity index (χ2n) is 4.54. The highest BCUT2D eigenvalue weighted by atomic mass is 35.5. The molecule has 0 atom stereocenters. The molecule has 94 valence electrons. The van der Waals surface area contributed by atoms with Gasteiger partial charge in [0.2, 0.25) is 0 Å². The van der Waals surface area contributed by atoms with Gasteiger partial charge in [-0.25, -0.2) is 0 Å². The zero-order valence-electron chi connectivity index (χ0n) is 10.0. The van der Waals surface area contributed by atoms with Crippen LogP contribution in [0.25, 0.3) is 10.9 Å². The van der Waals surface area contributed by atoms with E-state index < -0.39 is 0 Å². The predicted molar refractivity (Wildman–Crippen MR) is 73.3 cm³/mol. The highest BCUT2D eigenvalue weighted by Gasteiger charge is 2.15. The molecule has 4 heteroatoms. The number of piperidine rings is 1. The molecule has 0 saturated carbocycles. The van der Waals surface area contributed by atoms with E-state index in [9.17, 15) is 0 Å². The molecule has 0 unspecified atom stereocenters. The zero-order chi connectivity index (χ0) is 12.4. The van der Waals surface area contributed by atoms with Crippen molar-refractivity contribution in [1.29, 1.82) is 0 Å². The summed E-state index contributed by atoms with van der Waals surface area (Å²) in [6.07, 6.45) is 4.16. The van der Waals surface area contributed by atoms with Gasteiger partial charge in [0.15, 0.2) is 0 Å². The van der Waals surface area contributed by atoms with Crippen LogP contribution < -0.4 is 10.1 Å². The first-order valence-electron chi connectivity index (χ1n) is 6.24. The predicted octanol–water partition coefficient (Wildman–Crippen LogP) is 3.02. The molecular formula is C14H15ClN2O. The summed E-state index contributed by atoms with van der Waals surface area (Å²) in [6, 6.07) is 7.61. The van der Waals surface area contributed by atoms with Gasteiger partial charge in [-0.3, -0.25) is 4.98 Å². The molecule has 1 aliphatic rings. The summed E-state index contributed by atoms with van der Waals surface area (Å²) in [4.78, 5) is 4.33. The lowest BCUT2D eigenvalue weighted by Gasteiger charge is -2.24. The Morgan fingerprint density at radius 1 is 1.22 bits per heavy atom. The summed E-state index contributed by atoms with van der Waals surface area (Å²) < 4.78 is 6.08. The lowest BCUT2D eigenvalue weighted by atomic mass is 10.1. The Morgan fingerprint density at radius 3 is 2.89 bits per heavy atom. The van der Waals surface area contributed by atoms with Crippen LogP contribution in [0.5, 0.6) is 5.75 Å². The van der Waals surface area contributed by atoms with E-state index in [-0.39, 0.29) is 6.10 Å². The molecule has 1 N–H and O–H groups in total. The van der Waals surface area contributed by atoms with Crippen molar-refractivity contribution in [2.24, 2.45) is 0 Å². The average molecular weight is 263 g/mol. The van der Waals surface area contributed by atoms with Crippen molar-refractivity contribution >= 4 is 22.5 Å². The summed E-state index contributed by atoms with van der Waals surface area (Å²) in [7, 11) is 0. The molecule has 1 aromatic heterocycles. The van der Waals surface area contributed by atoms with Crippen LogP contribution in [0, 0.1) is 0 Å².